The summed E-state index contributed by atoms with van der Waals surface area (Å²) in [6, 6.07) is 0. The van der Waals surface area contributed by atoms with E-state index in [0.717, 1.165) is 6.54 Å². The fraction of sp³-hybridized carbons (Fsp3) is 1.00. The molecule has 1 N–H and O–H groups in total. The minimum absolute atomic E-state index is 0.139. The quantitative estimate of drug-likeness (QED) is 0.671. The van der Waals surface area contributed by atoms with Crippen molar-refractivity contribution in [3.8, 4) is 0 Å². The Balaban J connectivity index is 3.93. The van der Waals surface area contributed by atoms with Crippen LogP contribution in [0.25, 0.3) is 0 Å². The normalized spacial score (nSPS) is 15.2. The first-order valence-electron chi connectivity index (χ1n) is 4.32. The van der Waals surface area contributed by atoms with Crippen LogP contribution in [0.3, 0.4) is 0 Å². The smallest absolute Gasteiger partial charge is 0.0609 e. The highest BCUT2D eigenvalue weighted by Gasteiger charge is 2.23. The number of halogens is 1. The second kappa shape index (κ2) is 5.05. The minimum Gasteiger partial charge on any atom is -0.394 e. The third-order valence-corrected chi connectivity index (χ3v) is 2.80. The van der Waals surface area contributed by atoms with E-state index in [2.05, 4.69) is 11.8 Å². The van der Waals surface area contributed by atoms with Gasteiger partial charge in [0.1, 0.15) is 0 Å². The molecule has 0 aliphatic heterocycles. The molecule has 1 unspecified atom stereocenters. The molecule has 0 aliphatic rings. The molecule has 0 aromatic carbocycles. The molecule has 2 nitrogen and oxygen atoms in total. The fourth-order valence-corrected chi connectivity index (χ4v) is 0.982. The predicted octanol–water partition coefficient (Wildman–Crippen LogP) is 1.56. The average Bonchev–Trinajstić information content (AvgIpc) is 2.04. The third-order valence-electron chi connectivity index (χ3n) is 2.27. The molecule has 1 atom stereocenters. The maximum atomic E-state index is 9.08. The van der Waals surface area contributed by atoms with Gasteiger partial charge in [-0.05, 0) is 26.8 Å². The zero-order valence-corrected chi connectivity index (χ0v) is 9.23. The zero-order chi connectivity index (χ0) is 9.78. The van der Waals surface area contributed by atoms with Crippen LogP contribution in [-0.2, 0) is 0 Å². The summed E-state index contributed by atoms with van der Waals surface area (Å²) in [4.78, 5) is 2.14. The summed E-state index contributed by atoms with van der Waals surface area (Å²) >= 11 is 5.70. The highest BCUT2D eigenvalue weighted by atomic mass is 35.5. The van der Waals surface area contributed by atoms with Gasteiger partial charge in [-0.25, -0.2) is 0 Å². The molecule has 0 aromatic rings. The van der Waals surface area contributed by atoms with Gasteiger partial charge in [-0.1, -0.05) is 6.92 Å². The van der Waals surface area contributed by atoms with E-state index in [1.165, 1.54) is 0 Å². The van der Waals surface area contributed by atoms with Crippen LogP contribution in [0.4, 0.5) is 0 Å². The lowest BCUT2D eigenvalue weighted by molar-refractivity contribution is 0.0706. The number of hydrogen-bond donors (Lipinski definition) is 1. The molecule has 0 saturated heterocycles. The first kappa shape index (κ1) is 12.2. The second-order valence-corrected chi connectivity index (χ2v) is 4.42. The van der Waals surface area contributed by atoms with Crippen molar-refractivity contribution >= 4 is 11.6 Å². The summed E-state index contributed by atoms with van der Waals surface area (Å²) in [7, 11) is 2.01. The van der Waals surface area contributed by atoms with E-state index < -0.39 is 0 Å². The van der Waals surface area contributed by atoms with E-state index >= 15 is 0 Å². The summed E-state index contributed by atoms with van der Waals surface area (Å²) in [6.45, 7) is 7.26. The minimum atomic E-state index is -0.139. The van der Waals surface area contributed by atoms with Crippen LogP contribution < -0.4 is 0 Å². The Kier molecular flexibility index (Phi) is 5.14. The molecule has 0 heterocycles. The molecule has 0 spiro atoms. The molecule has 0 bridgehead atoms. The van der Waals surface area contributed by atoms with Gasteiger partial charge in [-0.15, -0.1) is 11.6 Å². The largest absolute Gasteiger partial charge is 0.394 e. The van der Waals surface area contributed by atoms with Gasteiger partial charge in [-0.2, -0.15) is 0 Å². The Hall–Kier alpha value is 0.210. The van der Waals surface area contributed by atoms with Gasteiger partial charge < -0.3 is 5.11 Å². The Morgan fingerprint density at radius 1 is 1.50 bits per heavy atom. The van der Waals surface area contributed by atoms with Crippen LogP contribution in [0.5, 0.6) is 0 Å². The predicted molar refractivity (Wildman–Crippen MR) is 53.7 cm³/mol. The second-order valence-electron chi connectivity index (χ2n) is 4.11. The van der Waals surface area contributed by atoms with Crippen molar-refractivity contribution in [1.29, 1.82) is 0 Å². The molecule has 0 radical (unpaired) electrons. The van der Waals surface area contributed by atoms with E-state index in [9.17, 15) is 0 Å². The Morgan fingerprint density at radius 3 is 2.33 bits per heavy atom. The number of rotatable bonds is 5. The maximum absolute atomic E-state index is 9.08. The Labute approximate surface area is 80.5 Å². The van der Waals surface area contributed by atoms with E-state index in [4.69, 9.17) is 16.7 Å². The third kappa shape index (κ3) is 3.74. The van der Waals surface area contributed by atoms with Gasteiger partial charge in [0, 0.05) is 18.0 Å². The molecule has 3 heteroatoms. The Bertz CT molecular complexity index is 128. The van der Waals surface area contributed by atoms with E-state index in [1.54, 1.807) is 0 Å². The molecular formula is C9H20ClNO. The number of nitrogens with zero attached hydrogens (tertiary/aromatic N) is 1. The summed E-state index contributed by atoms with van der Waals surface area (Å²) in [5.41, 5.74) is -0.139. The van der Waals surface area contributed by atoms with Gasteiger partial charge in [0.25, 0.3) is 0 Å². The summed E-state index contributed by atoms with van der Waals surface area (Å²) in [6.07, 6.45) is 0. The van der Waals surface area contributed by atoms with Crippen molar-refractivity contribution in [3.05, 3.63) is 0 Å². The van der Waals surface area contributed by atoms with Gasteiger partial charge in [0.05, 0.1) is 6.61 Å². The maximum Gasteiger partial charge on any atom is 0.0609 e. The molecule has 74 valence electrons. The van der Waals surface area contributed by atoms with Gasteiger partial charge in [-0.3, -0.25) is 4.90 Å². The van der Waals surface area contributed by atoms with Crippen molar-refractivity contribution in [2.45, 2.75) is 26.3 Å². The lowest BCUT2D eigenvalue weighted by Crippen LogP contribution is -2.46. The number of likely N-dealkylation sites (N-methyl/N-ethyl adjacent to an activating group) is 1. The number of hydrogen-bond acceptors (Lipinski definition) is 2. The summed E-state index contributed by atoms with van der Waals surface area (Å²) < 4.78 is 0. The van der Waals surface area contributed by atoms with Crippen molar-refractivity contribution < 1.29 is 5.11 Å². The monoisotopic (exact) mass is 193 g/mol. The molecule has 0 rings (SSSR count). The first-order valence-corrected chi connectivity index (χ1v) is 4.85. The fourth-order valence-electron chi connectivity index (χ4n) is 0.884. The molecule has 0 aliphatic carbocycles. The standard InChI is InChI=1S/C9H20ClNO/c1-8(5-10)6-11(4)9(2,3)7-12/h8,12H,5-7H2,1-4H3. The average molecular weight is 194 g/mol. The van der Waals surface area contributed by atoms with Crippen molar-refractivity contribution in [2.75, 3.05) is 26.1 Å². The van der Waals surface area contributed by atoms with Crippen LogP contribution >= 0.6 is 11.6 Å². The lowest BCUT2D eigenvalue weighted by atomic mass is 10.0. The topological polar surface area (TPSA) is 23.5 Å². The SMILES string of the molecule is CC(CCl)CN(C)C(C)(C)CO. The van der Waals surface area contributed by atoms with Crippen molar-refractivity contribution in [2.24, 2.45) is 5.92 Å². The molecule has 0 fully saturated rings. The first-order chi connectivity index (χ1) is 5.44. The van der Waals surface area contributed by atoms with Crippen LogP contribution in [0.1, 0.15) is 20.8 Å². The van der Waals surface area contributed by atoms with Crippen LogP contribution in [0.15, 0.2) is 0 Å². The van der Waals surface area contributed by atoms with E-state index in [-0.39, 0.29) is 12.1 Å². The molecular weight excluding hydrogens is 174 g/mol. The molecule has 12 heavy (non-hydrogen) atoms. The number of aliphatic hydroxyl groups is 1. The van der Waals surface area contributed by atoms with Crippen molar-refractivity contribution in [3.63, 3.8) is 0 Å². The summed E-state index contributed by atoms with van der Waals surface area (Å²) in [5, 5.41) is 9.08. The van der Waals surface area contributed by atoms with Crippen molar-refractivity contribution in [1.82, 2.24) is 4.90 Å². The van der Waals surface area contributed by atoms with Crippen LogP contribution in [-0.4, -0.2) is 41.6 Å². The highest BCUT2D eigenvalue weighted by Crippen LogP contribution is 2.13. The van der Waals surface area contributed by atoms with E-state index in [1.807, 2.05) is 20.9 Å². The molecule has 0 amide bonds. The molecule has 0 saturated carbocycles. The number of aliphatic hydroxyl groups excluding tert-OH is 1. The van der Waals surface area contributed by atoms with Gasteiger partial charge in [0.15, 0.2) is 0 Å². The van der Waals surface area contributed by atoms with Crippen LogP contribution in [0.2, 0.25) is 0 Å². The number of alkyl halides is 1. The van der Waals surface area contributed by atoms with E-state index in [0.29, 0.717) is 11.8 Å². The zero-order valence-electron chi connectivity index (χ0n) is 8.47. The highest BCUT2D eigenvalue weighted by molar-refractivity contribution is 6.18. The van der Waals surface area contributed by atoms with Crippen LogP contribution in [0, 0.1) is 5.92 Å². The Morgan fingerprint density at radius 2 is 2.00 bits per heavy atom. The lowest BCUT2D eigenvalue weighted by Gasteiger charge is -2.35. The summed E-state index contributed by atoms with van der Waals surface area (Å²) in [5.74, 6) is 1.15. The molecule has 0 aromatic heterocycles. The van der Waals surface area contributed by atoms with Gasteiger partial charge >= 0.3 is 0 Å². The van der Waals surface area contributed by atoms with Gasteiger partial charge in [0.2, 0.25) is 0 Å².